The van der Waals surface area contributed by atoms with E-state index in [9.17, 15) is 9.90 Å². The number of phenolic OH excluding ortho intramolecular Hbond substituents is 1. The molecule has 6 rings (SSSR count). The van der Waals surface area contributed by atoms with E-state index in [1.54, 1.807) is 6.07 Å². The number of likely N-dealkylation sites (tertiary alicyclic amines) is 1. The van der Waals surface area contributed by atoms with Crippen LogP contribution in [0.3, 0.4) is 0 Å². The molecule has 4 nitrogen and oxygen atoms in total. The highest BCUT2D eigenvalue weighted by Gasteiger charge is 2.67. The van der Waals surface area contributed by atoms with Crippen LogP contribution >= 0.6 is 0 Å². The highest BCUT2D eigenvalue weighted by Crippen LogP contribution is 2.63. The Bertz CT molecular complexity index is 786. The van der Waals surface area contributed by atoms with Crippen LogP contribution in [0.25, 0.3) is 0 Å². The van der Waals surface area contributed by atoms with Gasteiger partial charge in [0.05, 0.1) is 0 Å². The maximum atomic E-state index is 13.0. The summed E-state index contributed by atoms with van der Waals surface area (Å²) in [4.78, 5) is 15.7. The van der Waals surface area contributed by atoms with Gasteiger partial charge in [-0.2, -0.15) is 0 Å². The topological polar surface area (TPSA) is 49.8 Å². The summed E-state index contributed by atoms with van der Waals surface area (Å²) in [5.41, 5.74) is 2.31. The first-order valence-electron chi connectivity index (χ1n) is 9.89. The molecule has 2 saturated carbocycles. The molecular weight excluding hydrogens is 314 g/mol. The number of nitrogens with zero attached hydrogens (tertiary/aromatic N) is 1. The first kappa shape index (κ1) is 14.6. The molecule has 0 aromatic heterocycles. The minimum Gasteiger partial charge on any atom is -0.504 e. The van der Waals surface area contributed by atoms with Crippen LogP contribution in [0.2, 0.25) is 0 Å². The lowest BCUT2D eigenvalue weighted by Gasteiger charge is -2.58. The van der Waals surface area contributed by atoms with Crippen molar-refractivity contribution in [3.8, 4) is 11.5 Å². The summed E-state index contributed by atoms with van der Waals surface area (Å²) in [7, 11) is 0. The van der Waals surface area contributed by atoms with E-state index in [1.807, 2.05) is 0 Å². The van der Waals surface area contributed by atoms with Crippen LogP contribution in [0.5, 0.6) is 11.5 Å². The third-order valence-corrected chi connectivity index (χ3v) is 7.77. The fraction of sp³-hybridized carbons (Fsp3) is 0.667. The van der Waals surface area contributed by atoms with Crippen molar-refractivity contribution in [3.05, 3.63) is 23.3 Å². The molecule has 5 atom stereocenters. The number of phenols is 1. The molecule has 1 saturated heterocycles. The van der Waals surface area contributed by atoms with Gasteiger partial charge in [-0.1, -0.05) is 13.0 Å². The lowest BCUT2D eigenvalue weighted by molar-refractivity contribution is -0.144. The van der Waals surface area contributed by atoms with E-state index in [0.29, 0.717) is 17.7 Å². The second kappa shape index (κ2) is 4.59. The second-order valence-corrected chi connectivity index (χ2v) is 9.09. The number of ether oxygens (including phenoxy) is 1. The molecule has 0 unspecified atom stereocenters. The van der Waals surface area contributed by atoms with Gasteiger partial charge >= 0.3 is 0 Å². The van der Waals surface area contributed by atoms with E-state index < -0.39 is 0 Å². The molecule has 1 spiro atoms. The van der Waals surface area contributed by atoms with E-state index >= 15 is 0 Å². The summed E-state index contributed by atoms with van der Waals surface area (Å²) in [5, 5.41) is 10.4. The summed E-state index contributed by atoms with van der Waals surface area (Å²) in [6.07, 6.45) is 5.39. The molecule has 0 radical (unpaired) electrons. The zero-order chi connectivity index (χ0) is 16.9. The number of carbonyl (C=O) groups excluding carboxylic acids is 1. The third kappa shape index (κ3) is 1.69. The molecule has 1 N–H and O–H groups in total. The van der Waals surface area contributed by atoms with Gasteiger partial charge in [0, 0.05) is 29.5 Å². The molecule has 3 fully saturated rings. The number of hydrogen-bond acceptors (Lipinski definition) is 4. The highest BCUT2D eigenvalue weighted by molar-refractivity contribution is 5.90. The zero-order valence-corrected chi connectivity index (χ0v) is 14.7. The number of carbonyl (C=O) groups is 1. The zero-order valence-electron chi connectivity index (χ0n) is 14.7. The number of piperidine rings is 1. The van der Waals surface area contributed by atoms with Crippen molar-refractivity contribution in [1.82, 2.24) is 4.90 Å². The first-order chi connectivity index (χ1) is 12.1. The molecule has 1 aromatic rings. The molecule has 132 valence electrons. The van der Waals surface area contributed by atoms with Gasteiger partial charge in [0.25, 0.3) is 0 Å². The van der Waals surface area contributed by atoms with Crippen molar-refractivity contribution in [3.63, 3.8) is 0 Å². The highest BCUT2D eigenvalue weighted by atomic mass is 16.5. The Balaban J connectivity index is 1.54. The van der Waals surface area contributed by atoms with E-state index in [1.165, 1.54) is 30.5 Å². The fourth-order valence-corrected chi connectivity index (χ4v) is 6.47. The predicted octanol–water partition coefficient (Wildman–Crippen LogP) is 2.66. The van der Waals surface area contributed by atoms with Gasteiger partial charge in [-0.15, -0.1) is 0 Å². The molecule has 3 aliphatic carbocycles. The minimum absolute atomic E-state index is 0.0597. The fourth-order valence-electron chi connectivity index (χ4n) is 6.47. The Morgan fingerprint density at radius 2 is 2.20 bits per heavy atom. The normalized spacial score (nSPS) is 41.4. The smallest absolute Gasteiger partial charge is 0.177 e. The van der Waals surface area contributed by atoms with Gasteiger partial charge in [-0.05, 0) is 62.1 Å². The Kier molecular flexibility index (Phi) is 2.68. The van der Waals surface area contributed by atoms with Gasteiger partial charge in [-0.25, -0.2) is 0 Å². The first-order valence-corrected chi connectivity index (χ1v) is 9.89. The van der Waals surface area contributed by atoms with Crippen LogP contribution in [-0.2, 0) is 16.6 Å². The third-order valence-electron chi connectivity index (χ3n) is 7.77. The van der Waals surface area contributed by atoms with Crippen LogP contribution in [0, 0.1) is 17.8 Å². The number of benzene rings is 1. The SMILES string of the molecule is C[C@H]1C[C@H]2[C@H]3Cc4ccc(O)c5c4[C@@]2(CCN3CC2CC2)[C@@H](O5)C1=O. The maximum Gasteiger partial charge on any atom is 0.177 e. The molecule has 1 aromatic carbocycles. The van der Waals surface area contributed by atoms with Gasteiger partial charge in [0.1, 0.15) is 0 Å². The lowest BCUT2D eigenvalue weighted by Crippen LogP contribution is -2.67. The van der Waals surface area contributed by atoms with Crippen LogP contribution in [0.15, 0.2) is 12.1 Å². The van der Waals surface area contributed by atoms with Crippen LogP contribution in [0.1, 0.15) is 43.7 Å². The number of aromatic hydroxyl groups is 1. The minimum atomic E-state index is -0.380. The predicted molar refractivity (Wildman–Crippen MR) is 92.9 cm³/mol. The largest absolute Gasteiger partial charge is 0.504 e. The average Bonchev–Trinajstić information content (AvgIpc) is 3.34. The Morgan fingerprint density at radius 1 is 1.36 bits per heavy atom. The van der Waals surface area contributed by atoms with Crippen LogP contribution in [0.4, 0.5) is 0 Å². The summed E-state index contributed by atoms with van der Waals surface area (Å²) in [6.45, 7) is 4.36. The molecular formula is C21H25NO3. The number of ketones is 1. The quantitative estimate of drug-likeness (QED) is 0.900. The van der Waals surface area contributed by atoms with Crippen LogP contribution in [-0.4, -0.2) is 41.0 Å². The Hall–Kier alpha value is -1.55. The van der Waals surface area contributed by atoms with E-state index in [4.69, 9.17) is 4.74 Å². The lowest BCUT2D eigenvalue weighted by atomic mass is 9.50. The van der Waals surface area contributed by atoms with E-state index in [2.05, 4.69) is 17.9 Å². The van der Waals surface area contributed by atoms with Gasteiger partial charge in [0.2, 0.25) is 0 Å². The van der Waals surface area contributed by atoms with Crippen molar-refractivity contribution in [2.75, 3.05) is 13.1 Å². The summed E-state index contributed by atoms with van der Waals surface area (Å²) >= 11 is 0. The molecule has 0 amide bonds. The van der Waals surface area contributed by atoms with Crippen molar-refractivity contribution < 1.29 is 14.6 Å². The molecule has 2 bridgehead atoms. The van der Waals surface area contributed by atoms with Crippen molar-refractivity contribution in [2.45, 2.75) is 56.6 Å². The second-order valence-electron chi connectivity index (χ2n) is 9.09. The molecule has 5 aliphatic rings. The summed E-state index contributed by atoms with van der Waals surface area (Å²) < 4.78 is 6.20. The Labute approximate surface area is 148 Å². The van der Waals surface area contributed by atoms with Gasteiger partial charge in [0.15, 0.2) is 23.4 Å². The number of hydrogen-bond donors (Lipinski definition) is 1. The van der Waals surface area contributed by atoms with Crippen LogP contribution < -0.4 is 4.74 Å². The molecule has 2 aliphatic heterocycles. The monoisotopic (exact) mass is 339 g/mol. The van der Waals surface area contributed by atoms with E-state index in [0.717, 1.165) is 31.7 Å². The van der Waals surface area contributed by atoms with Gasteiger partial charge < -0.3 is 9.84 Å². The van der Waals surface area contributed by atoms with Crippen molar-refractivity contribution in [1.29, 1.82) is 0 Å². The Morgan fingerprint density at radius 3 is 3.00 bits per heavy atom. The van der Waals surface area contributed by atoms with Crippen molar-refractivity contribution in [2.24, 2.45) is 17.8 Å². The van der Waals surface area contributed by atoms with Gasteiger partial charge in [-0.3, -0.25) is 9.69 Å². The van der Waals surface area contributed by atoms with Crippen molar-refractivity contribution >= 4 is 5.78 Å². The number of Topliss-reactive ketones (excluding diaryl/α,β-unsaturated/α-hetero) is 1. The molecule has 4 heteroatoms. The summed E-state index contributed by atoms with van der Waals surface area (Å²) in [6, 6.07) is 4.37. The van der Waals surface area contributed by atoms with E-state index in [-0.39, 0.29) is 29.0 Å². The molecule has 2 heterocycles. The maximum absolute atomic E-state index is 13.0. The average molecular weight is 339 g/mol. The number of rotatable bonds is 2. The standard InChI is InChI=1S/C21H25NO3/c1-11-8-14-15-9-13-4-5-16(23)19-17(13)21(14,20(25-19)18(11)24)6-7-22(15)10-12-2-3-12/h4-5,11-12,14-15,20,23H,2-3,6-10H2,1H3/t11-,14-,15+,20-,21-/m0/s1. The summed E-state index contributed by atoms with van der Waals surface area (Å²) in [5.74, 6) is 2.50. The molecule has 25 heavy (non-hydrogen) atoms.